The van der Waals surface area contributed by atoms with Crippen LogP contribution in [0.15, 0.2) is 35.2 Å². The van der Waals surface area contributed by atoms with Crippen molar-refractivity contribution in [3.05, 3.63) is 30.3 Å². The molecular weight excluding hydrogens is 236 g/mol. The van der Waals surface area contributed by atoms with Crippen LogP contribution >= 0.6 is 0 Å². The number of fused-ring (bicyclic) bond motifs is 7. The van der Waals surface area contributed by atoms with E-state index in [1.807, 2.05) is 0 Å². The van der Waals surface area contributed by atoms with E-state index in [2.05, 4.69) is 30.3 Å². The summed E-state index contributed by atoms with van der Waals surface area (Å²) in [6, 6.07) is 11.4. The van der Waals surface area contributed by atoms with Gasteiger partial charge < -0.3 is 0 Å². The highest BCUT2D eigenvalue weighted by Crippen LogP contribution is 2.35. The van der Waals surface area contributed by atoms with Crippen molar-refractivity contribution in [1.82, 2.24) is 0 Å². The molecule has 18 heavy (non-hydrogen) atoms. The maximum Gasteiger partial charge on any atom is 0.155 e. The van der Waals surface area contributed by atoms with E-state index in [0.717, 1.165) is 11.2 Å². The van der Waals surface area contributed by atoms with Gasteiger partial charge in [0.15, 0.2) is 4.90 Å². The van der Waals surface area contributed by atoms with Crippen LogP contribution in [0.1, 0.15) is 51.4 Å². The largest absolute Gasteiger partial charge is 0.155 e. The van der Waals surface area contributed by atoms with Crippen molar-refractivity contribution in [1.29, 1.82) is 0 Å². The highest BCUT2D eigenvalue weighted by atomic mass is 32.2. The molecule has 0 amide bonds. The van der Waals surface area contributed by atoms with Gasteiger partial charge in [0.05, 0.1) is 0 Å². The Morgan fingerprint density at radius 1 is 0.778 bits per heavy atom. The predicted octanol–water partition coefficient (Wildman–Crippen LogP) is 4.80. The molecular formula is C17H25S+. The first-order chi connectivity index (χ1) is 8.93. The number of rotatable bonds is 1. The minimum absolute atomic E-state index is 0.545. The fourth-order valence-corrected chi connectivity index (χ4v) is 6.62. The van der Waals surface area contributed by atoms with Crippen molar-refractivity contribution >= 4 is 10.9 Å². The molecule has 3 unspecified atom stereocenters. The third kappa shape index (κ3) is 2.93. The molecule has 0 radical (unpaired) electrons. The van der Waals surface area contributed by atoms with Gasteiger partial charge in [-0.2, -0.15) is 0 Å². The summed E-state index contributed by atoms with van der Waals surface area (Å²) in [6.45, 7) is 0. The fraction of sp³-hybridized carbons (Fsp3) is 0.647. The molecule has 1 saturated carbocycles. The van der Waals surface area contributed by atoms with E-state index in [0.29, 0.717) is 10.9 Å². The molecule has 2 saturated heterocycles. The van der Waals surface area contributed by atoms with Gasteiger partial charge in [-0.05, 0) is 50.2 Å². The summed E-state index contributed by atoms with van der Waals surface area (Å²) >= 11 is 0. The Morgan fingerprint density at radius 2 is 1.50 bits per heavy atom. The van der Waals surface area contributed by atoms with Crippen molar-refractivity contribution in [2.45, 2.75) is 61.5 Å². The second-order valence-corrected chi connectivity index (χ2v) is 8.34. The highest BCUT2D eigenvalue weighted by molar-refractivity contribution is 7.97. The van der Waals surface area contributed by atoms with Crippen molar-refractivity contribution in [2.75, 3.05) is 5.75 Å². The molecule has 2 aliphatic heterocycles. The van der Waals surface area contributed by atoms with Crippen molar-refractivity contribution < 1.29 is 0 Å². The van der Waals surface area contributed by atoms with Gasteiger partial charge in [-0.1, -0.05) is 37.5 Å². The highest BCUT2D eigenvalue weighted by Gasteiger charge is 2.35. The van der Waals surface area contributed by atoms with Gasteiger partial charge in [-0.25, -0.2) is 0 Å². The third-order valence-corrected chi connectivity index (χ3v) is 7.55. The smallest absolute Gasteiger partial charge is 0.0619 e. The van der Waals surface area contributed by atoms with Crippen LogP contribution < -0.4 is 0 Å². The molecule has 0 aromatic heterocycles. The van der Waals surface area contributed by atoms with E-state index in [4.69, 9.17) is 0 Å². The first-order valence-corrected chi connectivity index (χ1v) is 9.14. The normalized spacial score (nSPS) is 33.2. The lowest BCUT2D eigenvalue weighted by molar-refractivity contribution is 0.415. The fourth-order valence-electron chi connectivity index (χ4n) is 3.67. The molecule has 0 spiro atoms. The molecule has 98 valence electrons. The minimum atomic E-state index is 0.545. The topological polar surface area (TPSA) is 0 Å². The lowest BCUT2D eigenvalue weighted by Crippen LogP contribution is -2.27. The molecule has 1 aromatic rings. The number of hydrogen-bond acceptors (Lipinski definition) is 0. The van der Waals surface area contributed by atoms with Gasteiger partial charge in [0.2, 0.25) is 0 Å². The summed E-state index contributed by atoms with van der Waals surface area (Å²) in [5.74, 6) is 2.52. The second-order valence-electron chi connectivity index (χ2n) is 5.94. The van der Waals surface area contributed by atoms with E-state index in [-0.39, 0.29) is 0 Å². The van der Waals surface area contributed by atoms with E-state index in [1.165, 1.54) is 57.1 Å². The molecule has 3 fully saturated rings. The van der Waals surface area contributed by atoms with Gasteiger partial charge in [0, 0.05) is 10.9 Å². The van der Waals surface area contributed by atoms with Crippen molar-refractivity contribution in [3.63, 3.8) is 0 Å². The Kier molecular flexibility index (Phi) is 4.30. The molecule has 3 aliphatic rings. The van der Waals surface area contributed by atoms with E-state index >= 15 is 0 Å². The Balaban J connectivity index is 1.83. The SMILES string of the molecule is c1ccc([S+]2CCC3CCCCC2CCC3)cc1. The number of benzene rings is 1. The van der Waals surface area contributed by atoms with Crippen molar-refractivity contribution in [2.24, 2.45) is 5.92 Å². The van der Waals surface area contributed by atoms with E-state index < -0.39 is 0 Å². The summed E-state index contributed by atoms with van der Waals surface area (Å²) in [5, 5.41) is 0.992. The Hall–Kier alpha value is -0.430. The van der Waals surface area contributed by atoms with Gasteiger partial charge in [0.25, 0.3) is 0 Å². The zero-order valence-corrected chi connectivity index (χ0v) is 12.1. The molecule has 4 rings (SSSR count). The molecule has 3 atom stereocenters. The first kappa shape index (κ1) is 12.6. The van der Waals surface area contributed by atoms with Crippen LogP contribution in [-0.4, -0.2) is 11.0 Å². The summed E-state index contributed by atoms with van der Waals surface area (Å²) in [5.41, 5.74) is 0. The van der Waals surface area contributed by atoms with Gasteiger partial charge in [0.1, 0.15) is 11.0 Å². The summed E-state index contributed by atoms with van der Waals surface area (Å²) in [4.78, 5) is 1.64. The van der Waals surface area contributed by atoms with Crippen LogP contribution in [0.25, 0.3) is 0 Å². The van der Waals surface area contributed by atoms with Gasteiger partial charge in [-0.15, -0.1) is 0 Å². The average Bonchev–Trinajstić information content (AvgIpc) is 2.56. The molecule has 0 N–H and O–H groups in total. The Morgan fingerprint density at radius 3 is 2.39 bits per heavy atom. The monoisotopic (exact) mass is 261 g/mol. The molecule has 1 aliphatic carbocycles. The number of hydrogen-bond donors (Lipinski definition) is 0. The third-order valence-electron chi connectivity index (χ3n) is 4.72. The van der Waals surface area contributed by atoms with Crippen molar-refractivity contribution in [3.8, 4) is 0 Å². The van der Waals surface area contributed by atoms with E-state index in [1.54, 1.807) is 4.90 Å². The van der Waals surface area contributed by atoms with Crippen LogP contribution in [0.5, 0.6) is 0 Å². The zero-order valence-electron chi connectivity index (χ0n) is 11.3. The Bertz CT molecular complexity index is 355. The molecule has 0 nitrogen and oxygen atoms in total. The lowest BCUT2D eigenvalue weighted by Gasteiger charge is -2.23. The standard InChI is InChI=1S/C17H25S/c1-2-9-16(10-3-1)18-14-13-15-7-4-5-11-17(18)12-6-8-15/h1-3,9-10,15,17H,4-8,11-14H2/q+1. The summed E-state index contributed by atoms with van der Waals surface area (Å²) in [6.07, 6.45) is 12.0. The van der Waals surface area contributed by atoms with Crippen LogP contribution in [0.3, 0.4) is 0 Å². The Labute approximate surface area is 115 Å². The lowest BCUT2D eigenvalue weighted by atomic mass is 9.94. The predicted molar refractivity (Wildman–Crippen MR) is 81.2 cm³/mol. The minimum Gasteiger partial charge on any atom is -0.0619 e. The van der Waals surface area contributed by atoms with Gasteiger partial charge >= 0.3 is 0 Å². The molecule has 1 heteroatoms. The molecule has 1 aromatic carbocycles. The maximum absolute atomic E-state index is 2.38. The average molecular weight is 261 g/mol. The second kappa shape index (κ2) is 6.14. The molecule has 2 heterocycles. The quantitative estimate of drug-likeness (QED) is 0.637. The summed E-state index contributed by atoms with van der Waals surface area (Å²) in [7, 11) is 0.545. The van der Waals surface area contributed by atoms with Crippen LogP contribution in [0.2, 0.25) is 0 Å². The van der Waals surface area contributed by atoms with Crippen LogP contribution in [-0.2, 0) is 10.9 Å². The zero-order chi connectivity index (χ0) is 12.2. The summed E-state index contributed by atoms with van der Waals surface area (Å²) < 4.78 is 0. The van der Waals surface area contributed by atoms with E-state index in [9.17, 15) is 0 Å². The van der Waals surface area contributed by atoms with Crippen LogP contribution in [0, 0.1) is 5.92 Å². The van der Waals surface area contributed by atoms with Crippen LogP contribution in [0.4, 0.5) is 0 Å². The maximum atomic E-state index is 2.38. The first-order valence-electron chi connectivity index (χ1n) is 7.68. The van der Waals surface area contributed by atoms with Gasteiger partial charge in [-0.3, -0.25) is 0 Å². The molecule has 2 bridgehead atoms.